The number of unbranched alkanes of at least 4 members (excludes halogenated alkanes) is 1. The molecule has 2 heterocycles. The Morgan fingerprint density at radius 1 is 1.27 bits per heavy atom. The summed E-state index contributed by atoms with van der Waals surface area (Å²) in [7, 11) is 0. The lowest BCUT2D eigenvalue weighted by Crippen LogP contribution is -2.38. The number of hydroxylamine groups is 1. The average molecular weight is 359 g/mol. The van der Waals surface area contributed by atoms with E-state index in [1.165, 1.54) is 0 Å². The van der Waals surface area contributed by atoms with E-state index in [4.69, 9.17) is 9.15 Å². The van der Waals surface area contributed by atoms with Crippen LogP contribution in [0.25, 0.3) is 11.0 Å². The van der Waals surface area contributed by atoms with Gasteiger partial charge in [0.15, 0.2) is 0 Å². The van der Waals surface area contributed by atoms with Gasteiger partial charge in [0, 0.05) is 43.4 Å². The maximum absolute atomic E-state index is 9.56. The van der Waals surface area contributed by atoms with Gasteiger partial charge in [-0.3, -0.25) is 20.6 Å². The van der Waals surface area contributed by atoms with Crippen LogP contribution in [0, 0.1) is 0 Å². The van der Waals surface area contributed by atoms with Gasteiger partial charge in [-0.2, -0.15) is 0 Å². The number of nitrogens with zero attached hydrogens (tertiary/aromatic N) is 2. The lowest BCUT2D eigenvalue weighted by molar-refractivity contribution is 0.0394. The van der Waals surface area contributed by atoms with Crippen molar-refractivity contribution < 1.29 is 14.4 Å². The van der Waals surface area contributed by atoms with Crippen molar-refractivity contribution in [3.8, 4) is 0 Å². The molecule has 0 saturated carbocycles. The molecule has 0 atom stereocenters. The molecule has 142 valence electrons. The predicted octanol–water partition coefficient (Wildman–Crippen LogP) is 3.03. The van der Waals surface area contributed by atoms with Gasteiger partial charge in [-0.1, -0.05) is 31.5 Å². The zero-order chi connectivity index (χ0) is 18.2. The van der Waals surface area contributed by atoms with Crippen molar-refractivity contribution in [2.24, 2.45) is 4.99 Å². The second-order valence-electron chi connectivity index (χ2n) is 6.67. The first kappa shape index (κ1) is 18.9. The molecule has 1 fully saturated rings. The molecule has 3 rings (SSSR count). The second kappa shape index (κ2) is 9.71. The third-order valence-corrected chi connectivity index (χ3v) is 4.84. The van der Waals surface area contributed by atoms with Crippen LogP contribution in [0.4, 0.5) is 0 Å². The van der Waals surface area contributed by atoms with Crippen LogP contribution in [-0.2, 0) is 17.6 Å². The van der Waals surface area contributed by atoms with Gasteiger partial charge in [0.25, 0.3) is 0 Å². The minimum atomic E-state index is 0.551. The van der Waals surface area contributed by atoms with Crippen LogP contribution in [0.1, 0.15) is 31.1 Å². The number of hydrogen-bond acceptors (Lipinski definition) is 5. The number of nitrogens with one attached hydrogen (secondary N) is 1. The summed E-state index contributed by atoms with van der Waals surface area (Å²) in [5.41, 5.74) is 4.32. The average Bonchev–Trinajstić information content (AvgIpc) is 3.03. The SMILES string of the molecule is CCCCc1oc2ccccc2c1CC(=NCCN1CCOCC1)NO. The van der Waals surface area contributed by atoms with E-state index in [1.54, 1.807) is 0 Å². The summed E-state index contributed by atoms with van der Waals surface area (Å²) in [6, 6.07) is 8.08. The number of rotatable bonds is 8. The molecule has 0 radical (unpaired) electrons. The fourth-order valence-electron chi connectivity index (χ4n) is 3.33. The van der Waals surface area contributed by atoms with Gasteiger partial charge in [-0.15, -0.1) is 0 Å². The molecule has 0 aliphatic carbocycles. The Morgan fingerprint density at radius 3 is 2.85 bits per heavy atom. The molecule has 0 spiro atoms. The lowest BCUT2D eigenvalue weighted by atomic mass is 10.0. The highest BCUT2D eigenvalue weighted by atomic mass is 16.5. The van der Waals surface area contributed by atoms with Crippen molar-refractivity contribution in [1.82, 2.24) is 10.4 Å². The predicted molar refractivity (Wildman–Crippen MR) is 103 cm³/mol. The molecule has 1 aliphatic heterocycles. The molecule has 2 aromatic rings. The van der Waals surface area contributed by atoms with Crippen molar-refractivity contribution in [3.05, 3.63) is 35.6 Å². The highest BCUT2D eigenvalue weighted by molar-refractivity contribution is 5.90. The molecule has 6 heteroatoms. The van der Waals surface area contributed by atoms with E-state index in [9.17, 15) is 5.21 Å². The number of aliphatic imine (C=N–C) groups is 1. The highest BCUT2D eigenvalue weighted by Crippen LogP contribution is 2.27. The molecule has 0 amide bonds. The van der Waals surface area contributed by atoms with Gasteiger partial charge in [0.2, 0.25) is 0 Å². The molecule has 0 unspecified atom stereocenters. The molecule has 1 aromatic carbocycles. The van der Waals surface area contributed by atoms with Crippen molar-refractivity contribution in [2.75, 3.05) is 39.4 Å². The van der Waals surface area contributed by atoms with E-state index in [2.05, 4.69) is 28.4 Å². The largest absolute Gasteiger partial charge is 0.461 e. The van der Waals surface area contributed by atoms with E-state index in [-0.39, 0.29) is 0 Å². The summed E-state index contributed by atoms with van der Waals surface area (Å²) in [5.74, 6) is 1.59. The van der Waals surface area contributed by atoms with Crippen LogP contribution in [0.3, 0.4) is 0 Å². The Balaban J connectivity index is 1.71. The lowest BCUT2D eigenvalue weighted by Gasteiger charge is -2.25. The number of aryl methyl sites for hydroxylation is 1. The topological polar surface area (TPSA) is 70.2 Å². The number of para-hydroxylation sites is 1. The summed E-state index contributed by atoms with van der Waals surface area (Å²) < 4.78 is 11.4. The number of amidine groups is 1. The van der Waals surface area contributed by atoms with Crippen LogP contribution in [0.2, 0.25) is 0 Å². The molecule has 6 nitrogen and oxygen atoms in total. The zero-order valence-corrected chi connectivity index (χ0v) is 15.5. The fraction of sp³-hybridized carbons (Fsp3) is 0.550. The van der Waals surface area contributed by atoms with Crippen molar-refractivity contribution >= 4 is 16.8 Å². The standard InChI is InChI=1S/C20H29N3O3/c1-2-3-7-19-17(16-6-4-5-8-18(16)26-19)15-20(22-24)21-9-10-23-11-13-25-14-12-23/h4-6,8,24H,2-3,7,9-15H2,1H3,(H,21,22). The first-order chi connectivity index (χ1) is 12.8. The molecule has 26 heavy (non-hydrogen) atoms. The molecule has 2 N–H and O–H groups in total. The quantitative estimate of drug-likeness (QED) is 0.431. The minimum Gasteiger partial charge on any atom is -0.461 e. The second-order valence-corrected chi connectivity index (χ2v) is 6.67. The first-order valence-electron chi connectivity index (χ1n) is 9.54. The fourth-order valence-corrected chi connectivity index (χ4v) is 3.33. The smallest absolute Gasteiger partial charge is 0.134 e. The number of benzene rings is 1. The minimum absolute atomic E-state index is 0.551. The summed E-state index contributed by atoms with van der Waals surface area (Å²) in [5, 5.41) is 10.7. The Labute approximate surface area is 154 Å². The Kier molecular flexibility index (Phi) is 7.05. The van der Waals surface area contributed by atoms with Crippen molar-refractivity contribution in [3.63, 3.8) is 0 Å². The van der Waals surface area contributed by atoms with Crippen LogP contribution in [0.15, 0.2) is 33.7 Å². The van der Waals surface area contributed by atoms with Crippen LogP contribution in [-0.4, -0.2) is 55.3 Å². The summed E-state index contributed by atoms with van der Waals surface area (Å²) in [4.78, 5) is 6.91. The summed E-state index contributed by atoms with van der Waals surface area (Å²) in [6.07, 6.45) is 3.67. The first-order valence-corrected chi connectivity index (χ1v) is 9.54. The molecule has 0 bridgehead atoms. The normalized spacial score (nSPS) is 16.3. The van der Waals surface area contributed by atoms with Crippen LogP contribution >= 0.6 is 0 Å². The number of furan rings is 1. The number of ether oxygens (including phenoxy) is 1. The maximum Gasteiger partial charge on any atom is 0.134 e. The van der Waals surface area contributed by atoms with Gasteiger partial charge < -0.3 is 9.15 Å². The summed E-state index contributed by atoms with van der Waals surface area (Å²) in [6.45, 7) is 7.19. The van der Waals surface area contributed by atoms with Gasteiger partial charge in [-0.25, -0.2) is 0 Å². The Hall–Kier alpha value is -1.89. The number of hydrogen-bond donors (Lipinski definition) is 2. The zero-order valence-electron chi connectivity index (χ0n) is 15.5. The van der Waals surface area contributed by atoms with Gasteiger partial charge in [-0.05, 0) is 12.5 Å². The van der Waals surface area contributed by atoms with E-state index in [0.29, 0.717) is 18.8 Å². The van der Waals surface area contributed by atoms with Gasteiger partial charge in [0.1, 0.15) is 17.2 Å². The molecule has 1 aliphatic rings. The molecular formula is C20H29N3O3. The third-order valence-electron chi connectivity index (χ3n) is 4.84. The number of morpholine rings is 1. The van der Waals surface area contributed by atoms with E-state index in [0.717, 1.165) is 74.4 Å². The number of fused-ring (bicyclic) bond motifs is 1. The highest BCUT2D eigenvalue weighted by Gasteiger charge is 2.16. The summed E-state index contributed by atoms with van der Waals surface area (Å²) >= 11 is 0. The van der Waals surface area contributed by atoms with Crippen LogP contribution in [0.5, 0.6) is 0 Å². The Morgan fingerprint density at radius 2 is 2.08 bits per heavy atom. The van der Waals surface area contributed by atoms with E-state index >= 15 is 0 Å². The van der Waals surface area contributed by atoms with Crippen LogP contribution < -0.4 is 5.48 Å². The van der Waals surface area contributed by atoms with Gasteiger partial charge >= 0.3 is 0 Å². The monoisotopic (exact) mass is 359 g/mol. The van der Waals surface area contributed by atoms with Crippen molar-refractivity contribution in [1.29, 1.82) is 0 Å². The van der Waals surface area contributed by atoms with Crippen molar-refractivity contribution in [2.45, 2.75) is 32.6 Å². The third kappa shape index (κ3) is 4.84. The van der Waals surface area contributed by atoms with E-state index < -0.39 is 0 Å². The Bertz CT molecular complexity index is 720. The van der Waals surface area contributed by atoms with Gasteiger partial charge in [0.05, 0.1) is 19.8 Å². The molecular weight excluding hydrogens is 330 g/mol. The maximum atomic E-state index is 9.56. The molecule has 1 saturated heterocycles. The molecule has 1 aromatic heterocycles. The van der Waals surface area contributed by atoms with E-state index in [1.807, 2.05) is 18.2 Å².